The maximum absolute atomic E-state index is 13.0. The van der Waals surface area contributed by atoms with E-state index in [1.54, 1.807) is 6.07 Å². The molecule has 6 nitrogen and oxygen atoms in total. The summed E-state index contributed by atoms with van der Waals surface area (Å²) in [5, 5.41) is 3.84. The normalized spacial score (nSPS) is 15.3. The molecule has 1 aliphatic heterocycles. The SMILES string of the molecule is O=C(CN1C(=O)S/C(=C\c2ccc(F)cc2)C1=O)NCCc1c[nH]c2ccc(Cl)cc12. The van der Waals surface area contributed by atoms with Crippen LogP contribution in [0.3, 0.4) is 0 Å². The van der Waals surface area contributed by atoms with E-state index in [1.807, 2.05) is 18.3 Å². The van der Waals surface area contributed by atoms with Gasteiger partial charge in [-0.1, -0.05) is 23.7 Å². The van der Waals surface area contributed by atoms with Gasteiger partial charge < -0.3 is 10.3 Å². The van der Waals surface area contributed by atoms with E-state index >= 15 is 0 Å². The summed E-state index contributed by atoms with van der Waals surface area (Å²) >= 11 is 6.80. The van der Waals surface area contributed by atoms with Crippen LogP contribution in [0, 0.1) is 5.82 Å². The zero-order valence-electron chi connectivity index (χ0n) is 16.2. The lowest BCUT2D eigenvalue weighted by atomic mass is 10.1. The maximum atomic E-state index is 13.0. The lowest BCUT2D eigenvalue weighted by Crippen LogP contribution is -2.40. The van der Waals surface area contributed by atoms with E-state index in [0.717, 1.165) is 33.1 Å². The van der Waals surface area contributed by atoms with Crippen LogP contribution < -0.4 is 5.32 Å². The van der Waals surface area contributed by atoms with Gasteiger partial charge in [0.25, 0.3) is 11.1 Å². The molecule has 3 aromatic rings. The van der Waals surface area contributed by atoms with Gasteiger partial charge in [-0.15, -0.1) is 0 Å². The van der Waals surface area contributed by atoms with Gasteiger partial charge in [0, 0.05) is 28.7 Å². The van der Waals surface area contributed by atoms with E-state index in [9.17, 15) is 18.8 Å². The number of carbonyl (C=O) groups excluding carboxylic acids is 3. The highest BCUT2D eigenvalue weighted by Crippen LogP contribution is 2.32. The van der Waals surface area contributed by atoms with E-state index < -0.39 is 22.9 Å². The van der Waals surface area contributed by atoms with Gasteiger partial charge in [0.1, 0.15) is 12.4 Å². The molecule has 1 saturated heterocycles. The first-order chi connectivity index (χ1) is 14.9. The Morgan fingerprint density at radius 2 is 1.97 bits per heavy atom. The summed E-state index contributed by atoms with van der Waals surface area (Å²) < 4.78 is 13.0. The highest BCUT2D eigenvalue weighted by molar-refractivity contribution is 8.18. The Balaban J connectivity index is 1.33. The van der Waals surface area contributed by atoms with Gasteiger partial charge in [0.2, 0.25) is 5.91 Å². The predicted octanol–water partition coefficient (Wildman–Crippen LogP) is 4.36. The maximum Gasteiger partial charge on any atom is 0.294 e. The molecule has 2 N–H and O–H groups in total. The number of H-pyrrole nitrogens is 1. The molecule has 1 aliphatic rings. The van der Waals surface area contributed by atoms with Gasteiger partial charge in [-0.05, 0) is 65.7 Å². The number of imide groups is 1. The summed E-state index contributed by atoms with van der Waals surface area (Å²) in [4.78, 5) is 41.2. The predicted molar refractivity (Wildman–Crippen MR) is 119 cm³/mol. The van der Waals surface area contributed by atoms with Crippen LogP contribution in [0.25, 0.3) is 17.0 Å². The van der Waals surface area contributed by atoms with Crippen LogP contribution in [0.15, 0.2) is 53.6 Å². The highest BCUT2D eigenvalue weighted by Gasteiger charge is 2.36. The van der Waals surface area contributed by atoms with Gasteiger partial charge in [0.15, 0.2) is 0 Å². The van der Waals surface area contributed by atoms with Crippen molar-refractivity contribution >= 4 is 57.4 Å². The average molecular weight is 458 g/mol. The molecule has 1 aromatic heterocycles. The lowest BCUT2D eigenvalue weighted by molar-refractivity contribution is -0.129. The van der Waals surface area contributed by atoms with Crippen molar-refractivity contribution in [2.24, 2.45) is 0 Å². The number of nitrogens with zero attached hydrogens (tertiary/aromatic N) is 1. The molecule has 31 heavy (non-hydrogen) atoms. The number of benzene rings is 2. The zero-order chi connectivity index (χ0) is 22.0. The van der Waals surface area contributed by atoms with Gasteiger partial charge >= 0.3 is 0 Å². The molecule has 3 amide bonds. The molecule has 1 fully saturated rings. The fraction of sp³-hybridized carbons (Fsp3) is 0.136. The van der Waals surface area contributed by atoms with E-state index in [-0.39, 0.29) is 11.4 Å². The van der Waals surface area contributed by atoms with Crippen molar-refractivity contribution in [2.45, 2.75) is 6.42 Å². The minimum absolute atomic E-state index is 0.195. The van der Waals surface area contributed by atoms with Gasteiger partial charge in [0.05, 0.1) is 4.91 Å². The number of nitrogens with one attached hydrogen (secondary N) is 2. The first-order valence-electron chi connectivity index (χ1n) is 9.44. The zero-order valence-corrected chi connectivity index (χ0v) is 17.7. The topological polar surface area (TPSA) is 82.3 Å². The van der Waals surface area contributed by atoms with Gasteiger partial charge in [-0.2, -0.15) is 0 Å². The largest absolute Gasteiger partial charge is 0.361 e. The third-order valence-corrected chi connectivity index (χ3v) is 5.93. The van der Waals surface area contributed by atoms with Gasteiger partial charge in [-0.25, -0.2) is 4.39 Å². The molecule has 9 heteroatoms. The number of hydrogen-bond donors (Lipinski definition) is 2. The van der Waals surface area contributed by atoms with Gasteiger partial charge in [-0.3, -0.25) is 19.3 Å². The van der Waals surface area contributed by atoms with Crippen molar-refractivity contribution in [3.05, 3.63) is 75.5 Å². The highest BCUT2D eigenvalue weighted by atomic mass is 35.5. The monoisotopic (exact) mass is 457 g/mol. The Hall–Kier alpha value is -3.10. The standard InChI is InChI=1S/C22H17ClFN3O3S/c23-15-3-6-18-17(10-15)14(11-26-18)7-8-25-20(28)12-27-21(29)19(31-22(27)30)9-13-1-4-16(24)5-2-13/h1-6,9-11,26H,7-8,12H2,(H,25,28)/b19-9-. The molecular weight excluding hydrogens is 441 g/mol. The minimum atomic E-state index is -0.541. The molecule has 0 aliphatic carbocycles. The Morgan fingerprint density at radius 3 is 2.74 bits per heavy atom. The van der Waals surface area contributed by atoms with Crippen LogP contribution in [-0.4, -0.2) is 40.0 Å². The number of aromatic amines is 1. The van der Waals surface area contributed by atoms with Crippen LogP contribution in [-0.2, 0) is 16.0 Å². The number of carbonyl (C=O) groups is 3. The van der Waals surface area contributed by atoms with Crippen LogP contribution >= 0.6 is 23.4 Å². The fourth-order valence-electron chi connectivity index (χ4n) is 3.24. The quantitative estimate of drug-likeness (QED) is 0.539. The molecule has 0 radical (unpaired) electrons. The number of fused-ring (bicyclic) bond motifs is 1. The van der Waals surface area contributed by atoms with Crippen LogP contribution in [0.1, 0.15) is 11.1 Å². The summed E-state index contributed by atoms with van der Waals surface area (Å²) in [5.41, 5.74) is 2.55. The second kappa shape index (κ2) is 8.95. The van der Waals surface area contributed by atoms with Crippen molar-refractivity contribution in [3.63, 3.8) is 0 Å². The first kappa shape index (κ1) is 21.1. The Kier molecular flexibility index (Phi) is 6.11. The van der Waals surface area contributed by atoms with E-state index in [1.165, 1.54) is 30.3 Å². The molecule has 0 atom stereocenters. The molecule has 0 saturated carbocycles. The minimum Gasteiger partial charge on any atom is -0.361 e. The summed E-state index contributed by atoms with van der Waals surface area (Å²) in [6.45, 7) is -0.00885. The van der Waals surface area contributed by atoms with E-state index in [0.29, 0.717) is 23.6 Å². The lowest BCUT2D eigenvalue weighted by Gasteiger charge is -2.12. The molecule has 2 aromatic carbocycles. The van der Waals surface area contributed by atoms with E-state index in [4.69, 9.17) is 11.6 Å². The molecule has 0 spiro atoms. The smallest absolute Gasteiger partial charge is 0.294 e. The Bertz CT molecular complexity index is 1210. The number of thioether (sulfide) groups is 1. The molecule has 0 unspecified atom stereocenters. The summed E-state index contributed by atoms with van der Waals surface area (Å²) in [6.07, 6.45) is 3.94. The van der Waals surface area contributed by atoms with Crippen molar-refractivity contribution in [1.29, 1.82) is 0 Å². The van der Waals surface area contributed by atoms with Crippen molar-refractivity contribution < 1.29 is 18.8 Å². The molecule has 2 heterocycles. The van der Waals surface area contributed by atoms with Crippen LogP contribution in [0.5, 0.6) is 0 Å². The molecule has 0 bridgehead atoms. The number of aromatic nitrogens is 1. The number of rotatable bonds is 6. The average Bonchev–Trinajstić information content (AvgIpc) is 3.25. The van der Waals surface area contributed by atoms with Crippen molar-refractivity contribution in [2.75, 3.05) is 13.1 Å². The van der Waals surface area contributed by atoms with E-state index in [2.05, 4.69) is 10.3 Å². The fourth-order valence-corrected chi connectivity index (χ4v) is 4.25. The number of amides is 3. The Morgan fingerprint density at radius 1 is 1.19 bits per heavy atom. The Labute approximate surface area is 186 Å². The first-order valence-corrected chi connectivity index (χ1v) is 10.6. The molecular formula is C22H17ClFN3O3S. The van der Waals surface area contributed by atoms with Crippen LogP contribution in [0.2, 0.25) is 5.02 Å². The number of hydrogen-bond acceptors (Lipinski definition) is 4. The third-order valence-electron chi connectivity index (χ3n) is 4.79. The van der Waals surface area contributed by atoms with Crippen molar-refractivity contribution in [3.8, 4) is 0 Å². The summed E-state index contributed by atoms with van der Waals surface area (Å²) in [6, 6.07) is 11.1. The van der Waals surface area contributed by atoms with Crippen molar-refractivity contribution in [1.82, 2.24) is 15.2 Å². The van der Waals surface area contributed by atoms with Crippen LogP contribution in [0.4, 0.5) is 9.18 Å². The summed E-state index contributed by atoms with van der Waals surface area (Å²) in [7, 11) is 0. The molecule has 158 valence electrons. The summed E-state index contributed by atoms with van der Waals surface area (Å²) in [5.74, 6) is -1.36. The molecule has 4 rings (SSSR count). The second-order valence-corrected chi connectivity index (χ2v) is 8.35. The number of halogens is 2. The second-order valence-electron chi connectivity index (χ2n) is 6.92. The third kappa shape index (κ3) is 4.81.